The van der Waals surface area contributed by atoms with E-state index >= 15 is 0 Å². The van der Waals surface area contributed by atoms with Gasteiger partial charge in [-0.3, -0.25) is 4.79 Å². The first kappa shape index (κ1) is 26.4. The van der Waals surface area contributed by atoms with E-state index in [0.717, 1.165) is 23.1 Å². The van der Waals surface area contributed by atoms with Crippen LogP contribution in [0.15, 0.2) is 40.4 Å². The number of ether oxygens (including phenoxy) is 2. The molecule has 186 valence electrons. The van der Waals surface area contributed by atoms with Crippen molar-refractivity contribution in [1.82, 2.24) is 14.8 Å². The highest BCUT2D eigenvalue weighted by Gasteiger charge is 2.27. The normalized spacial score (nSPS) is 11.2. The first-order valence-corrected chi connectivity index (χ1v) is 13.4. The molecular weight excluding hydrogens is 516 g/mol. The number of benzene rings is 1. The molecule has 0 aliphatic heterocycles. The lowest BCUT2D eigenvalue weighted by atomic mass is 10.1. The number of thioether (sulfide) groups is 1. The molecule has 0 fully saturated rings. The summed E-state index contributed by atoms with van der Waals surface area (Å²) in [6.07, 6.45) is 0. The maximum atomic E-state index is 12.6. The Morgan fingerprint density at radius 1 is 1.09 bits per heavy atom. The van der Waals surface area contributed by atoms with Gasteiger partial charge in [-0.1, -0.05) is 30.0 Å². The summed E-state index contributed by atoms with van der Waals surface area (Å²) in [6.45, 7) is 1.56. The van der Waals surface area contributed by atoms with E-state index < -0.39 is 27.7 Å². The molecule has 0 unspecified atom stereocenters. The van der Waals surface area contributed by atoms with E-state index in [1.54, 1.807) is 32.2 Å². The topological polar surface area (TPSA) is 147 Å². The lowest BCUT2D eigenvalue weighted by Gasteiger charge is -2.07. The van der Waals surface area contributed by atoms with Crippen molar-refractivity contribution in [2.24, 2.45) is 7.05 Å². The van der Waals surface area contributed by atoms with Crippen molar-refractivity contribution in [2.75, 3.05) is 25.3 Å². The molecule has 1 aromatic carbocycles. The number of esters is 2. The van der Waals surface area contributed by atoms with Crippen LogP contribution < -0.4 is 5.32 Å². The zero-order valence-corrected chi connectivity index (χ0v) is 21.7. The van der Waals surface area contributed by atoms with Crippen molar-refractivity contribution in [1.29, 1.82) is 0 Å². The third-order valence-corrected chi connectivity index (χ3v) is 8.68. The molecule has 0 aliphatic rings. The maximum absolute atomic E-state index is 12.6. The van der Waals surface area contributed by atoms with E-state index in [1.165, 1.54) is 30.9 Å². The number of amides is 1. The van der Waals surface area contributed by atoms with Gasteiger partial charge in [0, 0.05) is 7.05 Å². The first-order chi connectivity index (χ1) is 16.6. The molecule has 1 N–H and O–H groups in total. The smallest absolute Gasteiger partial charge is 0.348 e. The number of anilines is 1. The summed E-state index contributed by atoms with van der Waals surface area (Å²) >= 11 is 1.95. The Hall–Kier alpha value is -3.23. The van der Waals surface area contributed by atoms with E-state index in [2.05, 4.69) is 15.5 Å². The van der Waals surface area contributed by atoms with Crippen molar-refractivity contribution >= 4 is 55.8 Å². The highest BCUT2D eigenvalue weighted by molar-refractivity contribution is 7.99. The van der Waals surface area contributed by atoms with Gasteiger partial charge >= 0.3 is 11.9 Å². The van der Waals surface area contributed by atoms with E-state index in [0.29, 0.717) is 10.7 Å². The van der Waals surface area contributed by atoms with Crippen molar-refractivity contribution < 1.29 is 32.3 Å². The second kappa shape index (κ2) is 11.0. The Morgan fingerprint density at radius 3 is 2.37 bits per heavy atom. The Kier molecular flexibility index (Phi) is 8.30. The number of hydrogen-bond donors (Lipinski definition) is 1. The monoisotopic (exact) mass is 538 g/mol. The Balaban J connectivity index is 1.71. The summed E-state index contributed by atoms with van der Waals surface area (Å²) in [5.74, 6) is -2.04. The van der Waals surface area contributed by atoms with Crippen LogP contribution in [0.3, 0.4) is 0 Å². The minimum atomic E-state index is -3.61. The van der Waals surface area contributed by atoms with Crippen molar-refractivity contribution in [3.8, 4) is 0 Å². The van der Waals surface area contributed by atoms with Gasteiger partial charge in [0.25, 0.3) is 0 Å². The van der Waals surface area contributed by atoms with Crippen LogP contribution in [0.5, 0.6) is 0 Å². The van der Waals surface area contributed by atoms with Crippen LogP contribution in [-0.2, 0) is 36.9 Å². The quantitative estimate of drug-likeness (QED) is 0.318. The van der Waals surface area contributed by atoms with Gasteiger partial charge in [0.1, 0.15) is 21.5 Å². The van der Waals surface area contributed by atoms with Crippen LogP contribution in [-0.4, -0.2) is 61.0 Å². The fraction of sp³-hybridized carbons (Fsp3) is 0.286. The number of thiophene rings is 1. The van der Waals surface area contributed by atoms with E-state index in [4.69, 9.17) is 9.47 Å². The van der Waals surface area contributed by atoms with E-state index in [9.17, 15) is 22.8 Å². The lowest BCUT2D eigenvalue weighted by molar-refractivity contribution is -0.113. The highest BCUT2D eigenvalue weighted by Crippen LogP contribution is 2.34. The molecule has 11 nitrogen and oxygen atoms in total. The predicted octanol–water partition coefficient (Wildman–Crippen LogP) is 2.46. The van der Waals surface area contributed by atoms with Gasteiger partial charge in [0.05, 0.1) is 30.4 Å². The molecule has 0 bridgehead atoms. The first-order valence-electron chi connectivity index (χ1n) is 9.97. The number of nitrogens with zero attached hydrogens (tertiary/aromatic N) is 3. The Labute approximate surface area is 209 Å². The van der Waals surface area contributed by atoms with Gasteiger partial charge in [-0.25, -0.2) is 18.0 Å². The van der Waals surface area contributed by atoms with Gasteiger partial charge in [-0.2, -0.15) is 0 Å². The van der Waals surface area contributed by atoms with Crippen molar-refractivity contribution in [3.63, 3.8) is 0 Å². The number of methoxy groups -OCH3 is 2. The molecule has 0 aliphatic carbocycles. The summed E-state index contributed by atoms with van der Waals surface area (Å²) in [5.41, 5.74) is 0.414. The minimum absolute atomic E-state index is 0.0725. The van der Waals surface area contributed by atoms with Gasteiger partial charge in [0.2, 0.25) is 5.91 Å². The number of hydrogen-bond acceptors (Lipinski definition) is 11. The van der Waals surface area contributed by atoms with Crippen LogP contribution >= 0.6 is 23.1 Å². The van der Waals surface area contributed by atoms with Crippen molar-refractivity contribution in [2.45, 2.75) is 22.7 Å². The molecule has 0 atom stereocenters. The van der Waals surface area contributed by atoms with Crippen molar-refractivity contribution in [3.05, 3.63) is 52.2 Å². The number of carbonyl (C=O) groups excluding carboxylic acids is 3. The van der Waals surface area contributed by atoms with Crippen LogP contribution in [0.2, 0.25) is 0 Å². The molecule has 3 aromatic rings. The Morgan fingerprint density at radius 2 is 1.74 bits per heavy atom. The molecule has 14 heteroatoms. The minimum Gasteiger partial charge on any atom is -0.465 e. The number of carbonyl (C=O) groups is 3. The summed E-state index contributed by atoms with van der Waals surface area (Å²) < 4.78 is 36.2. The standard InChI is InChI=1S/C21H22N4O7S3/c1-12-16(19(27)31-3)18(34-17(12)20(28)32-4)22-15(26)10-33-21-24-23-14(25(21)2)11-35(29,30)13-8-6-5-7-9-13/h5-9H,10-11H2,1-4H3,(H,22,26). The molecule has 35 heavy (non-hydrogen) atoms. The number of aromatic nitrogens is 3. The second-order valence-electron chi connectivity index (χ2n) is 7.11. The average molecular weight is 539 g/mol. The molecule has 0 radical (unpaired) electrons. The molecule has 1 amide bonds. The summed E-state index contributed by atoms with van der Waals surface area (Å²) in [7, 11) is 0.408. The van der Waals surface area contributed by atoms with Gasteiger partial charge in [-0.15, -0.1) is 21.5 Å². The number of rotatable bonds is 9. The van der Waals surface area contributed by atoms with Gasteiger partial charge in [0.15, 0.2) is 15.0 Å². The van der Waals surface area contributed by atoms with Crippen LogP contribution in [0.1, 0.15) is 31.4 Å². The van der Waals surface area contributed by atoms with Crippen LogP contribution in [0, 0.1) is 6.92 Å². The zero-order chi connectivity index (χ0) is 25.8. The van der Waals surface area contributed by atoms with E-state index in [-0.39, 0.29) is 37.7 Å². The molecule has 0 saturated carbocycles. The second-order valence-corrected chi connectivity index (χ2v) is 11.1. The largest absolute Gasteiger partial charge is 0.465 e. The molecule has 2 heterocycles. The highest BCUT2D eigenvalue weighted by atomic mass is 32.2. The molecule has 2 aromatic heterocycles. The summed E-state index contributed by atoms with van der Waals surface area (Å²) in [4.78, 5) is 37.1. The fourth-order valence-corrected chi connectivity index (χ4v) is 6.20. The molecular formula is C21H22N4O7S3. The molecule has 3 rings (SSSR count). The van der Waals surface area contributed by atoms with E-state index in [1.807, 2.05) is 0 Å². The summed E-state index contributed by atoms with van der Waals surface area (Å²) in [5, 5.41) is 11.1. The average Bonchev–Trinajstić information content (AvgIpc) is 3.35. The molecule has 0 saturated heterocycles. The molecule has 0 spiro atoms. The fourth-order valence-electron chi connectivity index (χ4n) is 3.01. The third-order valence-electron chi connectivity index (χ3n) is 4.84. The van der Waals surface area contributed by atoms with Gasteiger partial charge < -0.3 is 19.4 Å². The van der Waals surface area contributed by atoms with Gasteiger partial charge in [-0.05, 0) is 24.6 Å². The summed E-state index contributed by atoms with van der Waals surface area (Å²) in [6, 6.07) is 8.01. The zero-order valence-electron chi connectivity index (χ0n) is 19.2. The third kappa shape index (κ3) is 5.89. The SMILES string of the molecule is COC(=O)c1sc(NC(=O)CSc2nnc(CS(=O)(=O)c3ccccc3)n2C)c(C(=O)OC)c1C. The lowest BCUT2D eigenvalue weighted by Crippen LogP contribution is -2.16. The van der Waals surface area contributed by atoms with Crippen LogP contribution in [0.4, 0.5) is 5.00 Å². The van der Waals surface area contributed by atoms with Crippen LogP contribution in [0.25, 0.3) is 0 Å². The number of sulfone groups is 1. The number of nitrogens with one attached hydrogen (secondary N) is 1. The maximum Gasteiger partial charge on any atom is 0.348 e. The Bertz CT molecular complexity index is 1360. The predicted molar refractivity (Wildman–Crippen MR) is 129 cm³/mol.